The molecule has 1 fully saturated rings. The van der Waals surface area contributed by atoms with E-state index >= 15 is 0 Å². The van der Waals surface area contributed by atoms with Crippen LogP contribution in [0.5, 0.6) is 0 Å². The van der Waals surface area contributed by atoms with Crippen molar-refractivity contribution >= 4 is 32.8 Å². The Morgan fingerprint density at radius 3 is 3.00 bits per heavy atom. The van der Waals surface area contributed by atoms with Gasteiger partial charge in [0, 0.05) is 15.9 Å². The van der Waals surface area contributed by atoms with Crippen molar-refractivity contribution < 1.29 is 9.90 Å². The van der Waals surface area contributed by atoms with Crippen molar-refractivity contribution in [3.8, 4) is 0 Å². The number of para-hydroxylation sites is 1. The number of benzene rings is 1. The second kappa shape index (κ2) is 4.90. The van der Waals surface area contributed by atoms with Crippen LogP contribution in [0.4, 0.5) is 0 Å². The zero-order valence-corrected chi connectivity index (χ0v) is 11.8. The van der Waals surface area contributed by atoms with Gasteiger partial charge in [0.05, 0.1) is 16.8 Å². The molecule has 2 heterocycles. The lowest BCUT2D eigenvalue weighted by atomic mass is 10.0. The highest BCUT2D eigenvalue weighted by Crippen LogP contribution is 2.29. The first-order valence-electron chi connectivity index (χ1n) is 6.22. The third-order valence-corrected chi connectivity index (χ3v) is 4.10. The molecule has 19 heavy (non-hydrogen) atoms. The van der Waals surface area contributed by atoms with Crippen molar-refractivity contribution in [3.05, 3.63) is 40.0 Å². The van der Waals surface area contributed by atoms with Crippen molar-refractivity contribution in [3.63, 3.8) is 0 Å². The first-order valence-corrected chi connectivity index (χ1v) is 7.02. The van der Waals surface area contributed by atoms with Crippen LogP contribution in [0.15, 0.2) is 28.7 Å². The van der Waals surface area contributed by atoms with E-state index < -0.39 is 5.97 Å². The summed E-state index contributed by atoms with van der Waals surface area (Å²) in [4.78, 5) is 16.1. The van der Waals surface area contributed by atoms with Crippen molar-refractivity contribution in [2.75, 3.05) is 6.54 Å². The Kier molecular flexibility index (Phi) is 3.24. The van der Waals surface area contributed by atoms with Crippen LogP contribution in [0.1, 0.15) is 34.9 Å². The van der Waals surface area contributed by atoms with Gasteiger partial charge < -0.3 is 10.4 Å². The van der Waals surface area contributed by atoms with Gasteiger partial charge in [-0.25, -0.2) is 9.78 Å². The molecule has 5 heteroatoms. The van der Waals surface area contributed by atoms with Crippen molar-refractivity contribution in [1.29, 1.82) is 0 Å². The third-order valence-electron chi connectivity index (χ3n) is 3.46. The van der Waals surface area contributed by atoms with E-state index in [1.165, 1.54) is 0 Å². The number of halogens is 1. The maximum Gasteiger partial charge on any atom is 0.336 e. The summed E-state index contributed by atoms with van der Waals surface area (Å²) >= 11 is 3.45. The molecule has 2 N–H and O–H groups in total. The van der Waals surface area contributed by atoms with Crippen molar-refractivity contribution in [2.24, 2.45) is 0 Å². The van der Waals surface area contributed by atoms with E-state index in [-0.39, 0.29) is 6.04 Å². The summed E-state index contributed by atoms with van der Waals surface area (Å²) in [6, 6.07) is 7.36. The van der Waals surface area contributed by atoms with Gasteiger partial charge in [-0.1, -0.05) is 12.1 Å². The van der Waals surface area contributed by atoms with Gasteiger partial charge in [0.2, 0.25) is 0 Å². The molecule has 0 bridgehead atoms. The fourth-order valence-corrected chi connectivity index (χ4v) is 2.98. The number of fused-ring (bicyclic) bond motifs is 1. The van der Waals surface area contributed by atoms with Gasteiger partial charge in [-0.15, -0.1) is 0 Å². The summed E-state index contributed by atoms with van der Waals surface area (Å²) in [7, 11) is 0. The molecule has 1 atom stereocenters. The predicted molar refractivity (Wildman–Crippen MR) is 76.4 cm³/mol. The number of carboxylic acid groups (broad SMARTS) is 1. The molecule has 0 radical (unpaired) electrons. The average molecular weight is 321 g/mol. The van der Waals surface area contributed by atoms with Crippen LogP contribution in [0, 0.1) is 0 Å². The van der Waals surface area contributed by atoms with E-state index in [4.69, 9.17) is 0 Å². The Balaban J connectivity index is 2.25. The molecule has 4 nitrogen and oxygen atoms in total. The molecule has 98 valence electrons. The number of carboxylic acids is 1. The number of hydrogen-bond acceptors (Lipinski definition) is 3. The van der Waals surface area contributed by atoms with Crippen molar-refractivity contribution in [1.82, 2.24) is 10.3 Å². The standard InChI is InChI=1S/C14H13BrN2O2/c15-10-4-1-3-8-9(14(18)19)7-12(17-13(8)10)11-5-2-6-16-11/h1,3-4,7,11,16H,2,5-6H2,(H,18,19). The summed E-state index contributed by atoms with van der Waals surface area (Å²) < 4.78 is 0.826. The molecule has 0 aliphatic carbocycles. The fourth-order valence-electron chi connectivity index (χ4n) is 2.53. The van der Waals surface area contributed by atoms with E-state index in [2.05, 4.69) is 26.2 Å². The number of nitrogens with zero attached hydrogens (tertiary/aromatic N) is 1. The first kappa shape index (κ1) is 12.6. The molecule has 3 rings (SSSR count). The lowest BCUT2D eigenvalue weighted by Crippen LogP contribution is -2.15. The SMILES string of the molecule is O=C(O)c1cc(C2CCCN2)nc2c(Br)cccc12. The van der Waals surface area contributed by atoms with E-state index in [9.17, 15) is 9.90 Å². The smallest absolute Gasteiger partial charge is 0.336 e. The number of nitrogens with one attached hydrogen (secondary N) is 1. The lowest BCUT2D eigenvalue weighted by molar-refractivity contribution is 0.0699. The maximum atomic E-state index is 11.4. The maximum absolute atomic E-state index is 11.4. The predicted octanol–water partition coefficient (Wildman–Crippen LogP) is 3.12. The molecule has 2 aromatic rings. The molecule has 0 amide bonds. The Hall–Kier alpha value is -1.46. The van der Waals surface area contributed by atoms with Crippen LogP contribution >= 0.6 is 15.9 Å². The minimum atomic E-state index is -0.912. The number of pyridine rings is 1. The molecule has 1 aromatic carbocycles. The molecular weight excluding hydrogens is 308 g/mol. The number of hydrogen-bond donors (Lipinski definition) is 2. The zero-order valence-electron chi connectivity index (χ0n) is 10.2. The second-order valence-electron chi connectivity index (χ2n) is 4.68. The normalized spacial score (nSPS) is 18.9. The molecule has 1 aromatic heterocycles. The van der Waals surface area contributed by atoms with E-state index in [0.29, 0.717) is 16.5 Å². The molecule has 1 unspecified atom stereocenters. The van der Waals surface area contributed by atoms with E-state index in [1.54, 1.807) is 12.1 Å². The number of aromatic carboxylic acids is 1. The Morgan fingerprint density at radius 1 is 1.47 bits per heavy atom. The van der Waals surface area contributed by atoms with Crippen LogP contribution in [-0.2, 0) is 0 Å². The van der Waals surface area contributed by atoms with Crippen molar-refractivity contribution in [2.45, 2.75) is 18.9 Å². The van der Waals surface area contributed by atoms with Gasteiger partial charge in [-0.05, 0) is 47.4 Å². The second-order valence-corrected chi connectivity index (χ2v) is 5.54. The average Bonchev–Trinajstić information content (AvgIpc) is 2.92. The minimum Gasteiger partial charge on any atom is -0.478 e. The van der Waals surface area contributed by atoms with Gasteiger partial charge in [0.25, 0.3) is 0 Å². The van der Waals surface area contributed by atoms with Gasteiger partial charge in [0.1, 0.15) is 0 Å². The largest absolute Gasteiger partial charge is 0.478 e. The highest BCUT2D eigenvalue weighted by molar-refractivity contribution is 9.10. The van der Waals surface area contributed by atoms with E-state index in [1.807, 2.05) is 12.1 Å². The lowest BCUT2D eigenvalue weighted by Gasteiger charge is -2.13. The summed E-state index contributed by atoms with van der Waals surface area (Å²) in [6.45, 7) is 0.961. The summed E-state index contributed by atoms with van der Waals surface area (Å²) in [5, 5.41) is 13.4. The Bertz CT molecular complexity index is 651. The Morgan fingerprint density at radius 2 is 2.32 bits per heavy atom. The van der Waals surface area contributed by atoms with Crippen LogP contribution < -0.4 is 5.32 Å². The fraction of sp³-hybridized carbons (Fsp3) is 0.286. The third kappa shape index (κ3) is 2.24. The quantitative estimate of drug-likeness (QED) is 0.892. The van der Waals surface area contributed by atoms with Gasteiger partial charge in [0.15, 0.2) is 0 Å². The first-order chi connectivity index (χ1) is 9.16. The molecule has 1 aliphatic heterocycles. The van der Waals surface area contributed by atoms with Gasteiger partial charge in [-0.3, -0.25) is 0 Å². The summed E-state index contributed by atoms with van der Waals surface area (Å²) in [6.07, 6.45) is 2.10. The van der Waals surface area contributed by atoms with Crippen LogP contribution in [-0.4, -0.2) is 22.6 Å². The molecule has 1 aliphatic rings. The van der Waals surface area contributed by atoms with Crippen LogP contribution in [0.2, 0.25) is 0 Å². The molecular formula is C14H13BrN2O2. The molecule has 0 spiro atoms. The zero-order chi connectivity index (χ0) is 13.4. The molecule has 1 saturated heterocycles. The molecule has 0 saturated carbocycles. The topological polar surface area (TPSA) is 62.2 Å². The monoisotopic (exact) mass is 320 g/mol. The Labute approximate surface area is 119 Å². The van der Waals surface area contributed by atoms with E-state index in [0.717, 1.165) is 29.6 Å². The highest BCUT2D eigenvalue weighted by Gasteiger charge is 2.21. The number of aromatic nitrogens is 1. The minimum absolute atomic E-state index is 0.162. The van der Waals surface area contributed by atoms with Crippen LogP contribution in [0.3, 0.4) is 0 Å². The van der Waals surface area contributed by atoms with Gasteiger partial charge >= 0.3 is 5.97 Å². The summed E-state index contributed by atoms with van der Waals surface area (Å²) in [5.41, 5.74) is 1.84. The number of rotatable bonds is 2. The van der Waals surface area contributed by atoms with Gasteiger partial charge in [-0.2, -0.15) is 0 Å². The number of carbonyl (C=O) groups is 1. The van der Waals surface area contributed by atoms with Crippen LogP contribution in [0.25, 0.3) is 10.9 Å². The highest BCUT2D eigenvalue weighted by atomic mass is 79.9. The summed E-state index contributed by atoms with van der Waals surface area (Å²) in [5.74, 6) is -0.912.